The van der Waals surface area contributed by atoms with Gasteiger partial charge >= 0.3 is 0 Å². The van der Waals surface area contributed by atoms with Crippen molar-refractivity contribution in [2.75, 3.05) is 13.1 Å². The lowest BCUT2D eigenvalue weighted by Crippen LogP contribution is -2.29. The lowest BCUT2D eigenvalue weighted by atomic mass is 9.96. The van der Waals surface area contributed by atoms with Crippen LogP contribution in [-0.2, 0) is 0 Å². The maximum atomic E-state index is 14.8. The van der Waals surface area contributed by atoms with Gasteiger partial charge in [-0.3, -0.25) is 9.78 Å². The summed E-state index contributed by atoms with van der Waals surface area (Å²) in [6.07, 6.45) is 9.55. The summed E-state index contributed by atoms with van der Waals surface area (Å²) in [5.41, 5.74) is 4.61. The van der Waals surface area contributed by atoms with Crippen molar-refractivity contribution in [1.29, 1.82) is 0 Å². The lowest BCUT2D eigenvalue weighted by molar-refractivity contribution is 0.343. The minimum absolute atomic E-state index is 0.232. The molecule has 0 aliphatic carbocycles. The molecule has 5 aromatic rings. The average molecular weight is 430 g/mol. The summed E-state index contributed by atoms with van der Waals surface area (Å²) in [5, 5.41) is 20.5. The highest BCUT2D eigenvalue weighted by Gasteiger charge is 2.20. The Balaban J connectivity index is 1.37. The highest BCUT2D eigenvalue weighted by molar-refractivity contribution is 5.79. The van der Waals surface area contributed by atoms with Crippen molar-refractivity contribution in [3.8, 4) is 11.3 Å². The molecule has 5 heterocycles. The Hall–Kier alpha value is -3.59. The molecule has 0 amide bonds. The molecule has 0 saturated carbocycles. The largest absolute Gasteiger partial charge is 0.317 e. The normalized spacial score (nSPS) is 16.2. The third-order valence-corrected chi connectivity index (χ3v) is 6.44. The van der Waals surface area contributed by atoms with E-state index in [1.807, 2.05) is 31.3 Å². The molecule has 0 bridgehead atoms. The van der Waals surface area contributed by atoms with Crippen LogP contribution in [0.3, 0.4) is 0 Å². The quantitative estimate of drug-likeness (QED) is 0.454. The van der Waals surface area contributed by atoms with E-state index in [9.17, 15) is 4.39 Å². The molecular formula is C23H23FN8. The smallest absolute Gasteiger partial charge is 0.153 e. The van der Waals surface area contributed by atoms with Crippen molar-refractivity contribution in [3.05, 3.63) is 66.1 Å². The van der Waals surface area contributed by atoms with Crippen molar-refractivity contribution in [3.63, 3.8) is 0 Å². The van der Waals surface area contributed by atoms with Crippen molar-refractivity contribution in [2.45, 2.75) is 31.7 Å². The van der Waals surface area contributed by atoms with Crippen LogP contribution < -0.4 is 5.32 Å². The summed E-state index contributed by atoms with van der Waals surface area (Å²) in [6.45, 7) is 4.00. The topological polar surface area (TPSA) is 88.7 Å². The number of hydrogen-bond donors (Lipinski definition) is 2. The van der Waals surface area contributed by atoms with E-state index < -0.39 is 0 Å². The van der Waals surface area contributed by atoms with E-state index in [0.29, 0.717) is 17.1 Å². The Bertz CT molecular complexity index is 1410. The summed E-state index contributed by atoms with van der Waals surface area (Å²) in [5.74, 6) is -0.506. The number of piperidine rings is 1. The van der Waals surface area contributed by atoms with Gasteiger partial charge in [-0.1, -0.05) is 6.92 Å². The molecule has 4 aromatic heterocycles. The maximum absolute atomic E-state index is 14.8. The first-order valence-electron chi connectivity index (χ1n) is 10.9. The molecule has 1 saturated heterocycles. The number of nitrogens with one attached hydrogen (secondary N) is 2. The van der Waals surface area contributed by atoms with E-state index in [1.54, 1.807) is 16.9 Å². The minimum atomic E-state index is -0.274. The predicted molar refractivity (Wildman–Crippen MR) is 119 cm³/mol. The number of imidazole rings is 1. The van der Waals surface area contributed by atoms with Crippen LogP contribution >= 0.6 is 0 Å². The zero-order valence-electron chi connectivity index (χ0n) is 17.7. The molecule has 1 aliphatic heterocycles. The van der Waals surface area contributed by atoms with Crippen molar-refractivity contribution >= 4 is 16.6 Å². The van der Waals surface area contributed by atoms with Crippen molar-refractivity contribution in [1.82, 2.24) is 39.9 Å². The van der Waals surface area contributed by atoms with Gasteiger partial charge in [0.2, 0.25) is 0 Å². The number of aromatic nitrogens is 7. The number of H-pyrrole nitrogens is 1. The van der Waals surface area contributed by atoms with Crippen molar-refractivity contribution < 1.29 is 4.39 Å². The van der Waals surface area contributed by atoms with E-state index in [0.717, 1.165) is 53.9 Å². The summed E-state index contributed by atoms with van der Waals surface area (Å²) >= 11 is 0. The van der Waals surface area contributed by atoms with Gasteiger partial charge < -0.3 is 5.32 Å². The number of hydrogen-bond acceptors (Lipinski definition) is 5. The van der Waals surface area contributed by atoms with Crippen LogP contribution in [0.2, 0.25) is 0 Å². The van der Waals surface area contributed by atoms with Crippen LogP contribution in [0.4, 0.5) is 4.39 Å². The lowest BCUT2D eigenvalue weighted by Gasteiger charge is -2.22. The fraction of sp³-hybridized carbons (Fsp3) is 0.304. The molecule has 32 heavy (non-hydrogen) atoms. The van der Waals surface area contributed by atoms with Gasteiger partial charge in [-0.15, -0.1) is 0 Å². The molecule has 1 aromatic carbocycles. The Morgan fingerprint density at radius 1 is 1.12 bits per heavy atom. The van der Waals surface area contributed by atoms with Gasteiger partial charge in [-0.05, 0) is 55.8 Å². The van der Waals surface area contributed by atoms with Crippen molar-refractivity contribution in [2.24, 2.45) is 0 Å². The first kappa shape index (κ1) is 19.1. The zero-order chi connectivity index (χ0) is 21.7. The van der Waals surface area contributed by atoms with E-state index in [2.05, 4.69) is 36.5 Å². The molecule has 6 rings (SSSR count). The van der Waals surface area contributed by atoms with Gasteiger partial charge in [-0.2, -0.15) is 15.3 Å². The zero-order valence-corrected chi connectivity index (χ0v) is 17.7. The predicted octanol–water partition coefficient (Wildman–Crippen LogP) is 3.68. The first-order chi connectivity index (χ1) is 15.7. The molecule has 0 spiro atoms. The van der Waals surface area contributed by atoms with E-state index in [4.69, 9.17) is 5.10 Å². The standard InChI is InChI=1S/C23H23FN8/c1-14(18-8-15-10-27-29-21(15)9-19(18)24)22-12-26-23-3-2-20(30-32(22)23)16-11-28-31(13-16)17-4-6-25-7-5-17/h2-3,8-14,17,25H,4-7H2,1H3,(H,27,29). The first-order valence-corrected chi connectivity index (χ1v) is 10.9. The number of rotatable bonds is 4. The second-order valence-electron chi connectivity index (χ2n) is 8.41. The molecule has 2 N–H and O–H groups in total. The Kier molecular flexibility index (Phi) is 4.50. The average Bonchev–Trinajstić information content (AvgIpc) is 3.57. The molecule has 8 nitrogen and oxygen atoms in total. The number of nitrogens with zero attached hydrogens (tertiary/aromatic N) is 6. The van der Waals surface area contributed by atoms with Gasteiger partial charge in [0.1, 0.15) is 5.82 Å². The Morgan fingerprint density at radius 3 is 2.88 bits per heavy atom. The van der Waals surface area contributed by atoms with E-state index >= 15 is 0 Å². The maximum Gasteiger partial charge on any atom is 0.153 e. The summed E-state index contributed by atoms with van der Waals surface area (Å²) < 4.78 is 18.7. The Morgan fingerprint density at radius 2 is 2.00 bits per heavy atom. The monoisotopic (exact) mass is 430 g/mol. The molecule has 0 radical (unpaired) electrons. The highest BCUT2D eigenvalue weighted by Crippen LogP contribution is 2.30. The highest BCUT2D eigenvalue weighted by atomic mass is 19.1. The minimum Gasteiger partial charge on any atom is -0.317 e. The van der Waals surface area contributed by atoms with Crippen LogP contribution in [0, 0.1) is 5.82 Å². The van der Waals surface area contributed by atoms with E-state index in [1.165, 1.54) is 6.07 Å². The molecule has 162 valence electrons. The molecule has 1 unspecified atom stereocenters. The SMILES string of the molecule is CC(c1cc2cn[nH]c2cc1F)c1cnc2ccc(-c3cnn(C4CCNCC4)c3)nn12. The molecule has 9 heteroatoms. The number of fused-ring (bicyclic) bond motifs is 2. The number of halogens is 1. The van der Waals surface area contributed by atoms with Crippen LogP contribution in [0.25, 0.3) is 27.8 Å². The van der Waals surface area contributed by atoms with Gasteiger partial charge in [0, 0.05) is 23.1 Å². The number of aromatic amines is 1. The third-order valence-electron chi connectivity index (χ3n) is 6.44. The Labute approximate surface area is 183 Å². The fourth-order valence-electron chi connectivity index (χ4n) is 4.56. The summed E-state index contributed by atoms with van der Waals surface area (Å²) in [7, 11) is 0. The van der Waals surface area contributed by atoms with Gasteiger partial charge in [-0.25, -0.2) is 13.9 Å². The second-order valence-corrected chi connectivity index (χ2v) is 8.41. The molecule has 1 fully saturated rings. The van der Waals surface area contributed by atoms with Crippen LogP contribution in [-0.4, -0.2) is 47.7 Å². The molecule has 1 aliphatic rings. The van der Waals surface area contributed by atoms with Gasteiger partial charge in [0.05, 0.1) is 41.5 Å². The summed E-state index contributed by atoms with van der Waals surface area (Å²) in [4.78, 5) is 4.49. The van der Waals surface area contributed by atoms with Gasteiger partial charge in [0.25, 0.3) is 0 Å². The van der Waals surface area contributed by atoms with E-state index in [-0.39, 0.29) is 11.7 Å². The molecule has 1 atom stereocenters. The number of benzene rings is 1. The molecular weight excluding hydrogens is 407 g/mol. The van der Waals surface area contributed by atoms with Gasteiger partial charge in [0.15, 0.2) is 5.65 Å². The fourth-order valence-corrected chi connectivity index (χ4v) is 4.56. The van der Waals surface area contributed by atoms with Crippen LogP contribution in [0.5, 0.6) is 0 Å². The van der Waals surface area contributed by atoms with Crippen LogP contribution in [0.15, 0.2) is 49.1 Å². The third kappa shape index (κ3) is 3.16. The summed E-state index contributed by atoms with van der Waals surface area (Å²) in [6, 6.07) is 7.64. The van der Waals surface area contributed by atoms with Crippen LogP contribution in [0.1, 0.15) is 43.0 Å². The second kappa shape index (κ2) is 7.52.